The van der Waals surface area contributed by atoms with Gasteiger partial charge in [-0.2, -0.15) is 0 Å². The molecule has 1 aliphatic carbocycles. The van der Waals surface area contributed by atoms with E-state index in [1.807, 2.05) is 24.3 Å². The minimum Gasteiger partial charge on any atom is -0.507 e. The maximum Gasteiger partial charge on any atom is 0.123 e. The standard InChI is InChI=1S/C19H22O4/c20-14-5-1-12-3-7-18(22)16(9-12)17-10-13(4-8-19(17)23)2-6-15(21)11-14/h3-4,7-10,14-15,20-23H,1-2,5-6,11H2/t14-,15+. The van der Waals surface area contributed by atoms with Gasteiger partial charge >= 0.3 is 0 Å². The summed E-state index contributed by atoms with van der Waals surface area (Å²) in [5.74, 6) is 0.244. The Hall–Kier alpha value is -2.04. The molecule has 23 heavy (non-hydrogen) atoms. The Kier molecular flexibility index (Phi) is 4.55. The Morgan fingerprint density at radius 2 is 1.13 bits per heavy atom. The molecule has 0 saturated heterocycles. The second kappa shape index (κ2) is 6.60. The fraction of sp³-hybridized carbons (Fsp3) is 0.368. The highest BCUT2D eigenvalue weighted by Gasteiger charge is 2.16. The minimum atomic E-state index is -0.542. The average Bonchev–Trinajstić information content (AvgIpc) is 2.53. The van der Waals surface area contributed by atoms with Crippen LogP contribution in [-0.4, -0.2) is 32.6 Å². The molecule has 0 aliphatic heterocycles. The van der Waals surface area contributed by atoms with Crippen molar-refractivity contribution in [2.75, 3.05) is 0 Å². The van der Waals surface area contributed by atoms with Crippen LogP contribution in [0.15, 0.2) is 36.4 Å². The summed E-state index contributed by atoms with van der Waals surface area (Å²) in [5.41, 5.74) is 3.15. The topological polar surface area (TPSA) is 80.9 Å². The van der Waals surface area contributed by atoms with Crippen LogP contribution in [0.3, 0.4) is 0 Å². The first-order valence-corrected chi connectivity index (χ1v) is 8.03. The number of hydrogen-bond donors (Lipinski definition) is 4. The lowest BCUT2D eigenvalue weighted by molar-refractivity contribution is 0.0714. The molecule has 4 nitrogen and oxygen atoms in total. The fourth-order valence-electron chi connectivity index (χ4n) is 3.13. The molecule has 0 unspecified atom stereocenters. The van der Waals surface area contributed by atoms with E-state index >= 15 is 0 Å². The van der Waals surface area contributed by atoms with E-state index in [9.17, 15) is 20.4 Å². The maximum atomic E-state index is 10.2. The number of benzene rings is 2. The molecule has 0 spiro atoms. The number of fused-ring (bicyclic) bond motifs is 5. The lowest BCUT2D eigenvalue weighted by Gasteiger charge is -2.15. The van der Waals surface area contributed by atoms with E-state index in [-0.39, 0.29) is 11.5 Å². The van der Waals surface area contributed by atoms with Crippen molar-refractivity contribution in [3.05, 3.63) is 47.5 Å². The molecular weight excluding hydrogens is 292 g/mol. The first-order chi connectivity index (χ1) is 11.0. The van der Waals surface area contributed by atoms with Gasteiger partial charge in [-0.3, -0.25) is 0 Å². The van der Waals surface area contributed by atoms with Gasteiger partial charge in [0.2, 0.25) is 0 Å². The van der Waals surface area contributed by atoms with Gasteiger partial charge in [-0.05, 0) is 67.5 Å². The van der Waals surface area contributed by atoms with Gasteiger partial charge in [0.05, 0.1) is 12.2 Å². The summed E-state index contributed by atoms with van der Waals surface area (Å²) in [6.07, 6.45) is 1.72. The van der Waals surface area contributed by atoms with Gasteiger partial charge < -0.3 is 20.4 Å². The molecule has 122 valence electrons. The average molecular weight is 314 g/mol. The van der Waals surface area contributed by atoms with Crippen LogP contribution in [0.5, 0.6) is 11.5 Å². The molecule has 0 fully saturated rings. The Morgan fingerprint density at radius 1 is 0.696 bits per heavy atom. The summed E-state index contributed by atoms with van der Waals surface area (Å²) in [4.78, 5) is 0. The van der Waals surface area contributed by atoms with Crippen molar-refractivity contribution in [1.29, 1.82) is 0 Å². The molecule has 0 radical (unpaired) electrons. The number of aliphatic hydroxyl groups is 2. The molecule has 0 saturated carbocycles. The molecule has 2 aromatic rings. The number of rotatable bonds is 0. The Balaban J connectivity index is 2.07. The van der Waals surface area contributed by atoms with Crippen LogP contribution in [0.1, 0.15) is 30.4 Å². The summed E-state index contributed by atoms with van der Waals surface area (Å²) in [7, 11) is 0. The third-order valence-electron chi connectivity index (χ3n) is 4.49. The molecule has 1 aliphatic rings. The van der Waals surface area contributed by atoms with Crippen molar-refractivity contribution in [3.63, 3.8) is 0 Å². The summed E-state index contributed by atoms with van der Waals surface area (Å²) in [5, 5.41) is 40.5. The smallest absolute Gasteiger partial charge is 0.123 e. The van der Waals surface area contributed by atoms with Crippen molar-refractivity contribution in [1.82, 2.24) is 0 Å². The van der Waals surface area contributed by atoms with Crippen LogP contribution < -0.4 is 0 Å². The molecule has 4 N–H and O–H groups in total. The Bertz CT molecular complexity index is 636. The highest BCUT2D eigenvalue weighted by atomic mass is 16.3. The lowest BCUT2D eigenvalue weighted by atomic mass is 9.96. The van der Waals surface area contributed by atoms with Crippen LogP contribution in [0.4, 0.5) is 0 Å². The summed E-state index contributed by atoms with van der Waals surface area (Å²) in [6.45, 7) is 0. The number of aryl methyl sites for hydroxylation is 2. The van der Waals surface area contributed by atoms with E-state index in [1.165, 1.54) is 0 Å². The van der Waals surface area contributed by atoms with Crippen LogP contribution in [-0.2, 0) is 12.8 Å². The monoisotopic (exact) mass is 314 g/mol. The van der Waals surface area contributed by atoms with Gasteiger partial charge in [0, 0.05) is 11.1 Å². The Labute approximate surface area is 135 Å². The predicted molar refractivity (Wildman–Crippen MR) is 88.5 cm³/mol. The number of aromatic hydroxyl groups is 2. The van der Waals surface area contributed by atoms with E-state index in [1.54, 1.807) is 12.1 Å². The van der Waals surface area contributed by atoms with Gasteiger partial charge in [0.1, 0.15) is 11.5 Å². The van der Waals surface area contributed by atoms with Crippen molar-refractivity contribution in [2.45, 2.75) is 44.3 Å². The Morgan fingerprint density at radius 3 is 1.57 bits per heavy atom. The number of phenolic OH excluding ortho intramolecular Hbond substituents is 2. The van der Waals surface area contributed by atoms with Crippen molar-refractivity contribution < 1.29 is 20.4 Å². The van der Waals surface area contributed by atoms with E-state index in [0.29, 0.717) is 43.2 Å². The van der Waals surface area contributed by atoms with Crippen LogP contribution in [0.2, 0.25) is 0 Å². The second-order valence-corrected chi connectivity index (χ2v) is 6.32. The summed E-state index contributed by atoms with van der Waals surface area (Å²) < 4.78 is 0. The first kappa shape index (κ1) is 15.8. The highest BCUT2D eigenvalue weighted by molar-refractivity contribution is 5.76. The molecule has 0 heterocycles. The van der Waals surface area contributed by atoms with Gasteiger partial charge in [0.25, 0.3) is 0 Å². The summed E-state index contributed by atoms with van der Waals surface area (Å²) >= 11 is 0. The predicted octanol–water partition coefficient (Wildman–Crippen LogP) is 2.76. The van der Waals surface area contributed by atoms with Crippen LogP contribution >= 0.6 is 0 Å². The summed E-state index contributed by atoms with van der Waals surface area (Å²) in [6, 6.07) is 10.6. The molecular formula is C19H22O4. The zero-order chi connectivity index (χ0) is 16.4. The number of phenols is 2. The van der Waals surface area contributed by atoms with E-state index < -0.39 is 12.2 Å². The van der Waals surface area contributed by atoms with Crippen molar-refractivity contribution in [2.24, 2.45) is 0 Å². The van der Waals surface area contributed by atoms with Gasteiger partial charge in [-0.1, -0.05) is 12.1 Å². The molecule has 2 aromatic carbocycles. The highest BCUT2D eigenvalue weighted by Crippen LogP contribution is 2.37. The zero-order valence-electron chi connectivity index (χ0n) is 12.9. The molecule has 4 bridgehead atoms. The van der Waals surface area contributed by atoms with E-state index in [0.717, 1.165) is 11.1 Å². The maximum absolute atomic E-state index is 10.2. The zero-order valence-corrected chi connectivity index (χ0v) is 12.9. The molecule has 0 aromatic heterocycles. The number of aliphatic hydroxyl groups excluding tert-OH is 2. The lowest BCUT2D eigenvalue weighted by Crippen LogP contribution is -2.19. The largest absolute Gasteiger partial charge is 0.507 e. The van der Waals surface area contributed by atoms with Gasteiger partial charge in [-0.25, -0.2) is 0 Å². The fourth-order valence-corrected chi connectivity index (χ4v) is 3.13. The molecule has 2 atom stereocenters. The van der Waals surface area contributed by atoms with Crippen LogP contribution in [0.25, 0.3) is 11.1 Å². The third kappa shape index (κ3) is 3.66. The second-order valence-electron chi connectivity index (χ2n) is 6.32. The van der Waals surface area contributed by atoms with Crippen molar-refractivity contribution >= 4 is 0 Å². The van der Waals surface area contributed by atoms with Gasteiger partial charge in [0.15, 0.2) is 0 Å². The molecule has 0 amide bonds. The molecule has 4 heteroatoms. The minimum absolute atomic E-state index is 0.122. The van der Waals surface area contributed by atoms with Gasteiger partial charge in [-0.15, -0.1) is 0 Å². The van der Waals surface area contributed by atoms with E-state index in [4.69, 9.17) is 0 Å². The quantitative estimate of drug-likeness (QED) is 0.603. The normalized spacial score (nSPS) is 21.8. The van der Waals surface area contributed by atoms with Crippen molar-refractivity contribution in [3.8, 4) is 22.6 Å². The van der Waals surface area contributed by atoms with Crippen LogP contribution in [0, 0.1) is 0 Å². The van der Waals surface area contributed by atoms with E-state index in [2.05, 4.69) is 0 Å². The third-order valence-corrected chi connectivity index (χ3v) is 4.49. The molecule has 3 rings (SSSR count). The first-order valence-electron chi connectivity index (χ1n) is 8.03. The number of hydrogen-bond acceptors (Lipinski definition) is 4. The SMILES string of the molecule is Oc1ccc2cc1-c1cc(ccc1O)CC[C@H](O)C[C@H](O)CC2.